The van der Waals surface area contributed by atoms with Gasteiger partial charge in [0.05, 0.1) is 5.69 Å². The molecule has 4 aromatic rings. The number of pyridine rings is 1. The molecule has 5 nitrogen and oxygen atoms in total. The number of aromatic carboxylic acids is 1. The van der Waals surface area contributed by atoms with Gasteiger partial charge in [-0.25, -0.2) is 18.6 Å². The molecular formula is C24H17ClF2N2O3. The first-order valence-corrected chi connectivity index (χ1v) is 9.97. The average Bonchev–Trinajstić information content (AvgIpc) is 3.16. The van der Waals surface area contributed by atoms with E-state index in [1.54, 1.807) is 34.9 Å². The van der Waals surface area contributed by atoms with Crippen LogP contribution in [0.25, 0.3) is 17.1 Å². The van der Waals surface area contributed by atoms with Crippen LogP contribution in [0.3, 0.4) is 0 Å². The fourth-order valence-electron chi connectivity index (χ4n) is 3.36. The third-order valence-electron chi connectivity index (χ3n) is 4.87. The summed E-state index contributed by atoms with van der Waals surface area (Å²) >= 11 is 6.23. The molecule has 0 aliphatic rings. The van der Waals surface area contributed by atoms with Crippen molar-refractivity contribution < 1.29 is 23.4 Å². The minimum atomic E-state index is -1.14. The second-order valence-corrected chi connectivity index (χ2v) is 7.48. The van der Waals surface area contributed by atoms with Crippen LogP contribution < -0.4 is 4.74 Å². The van der Waals surface area contributed by atoms with Crippen molar-refractivity contribution in [2.75, 3.05) is 0 Å². The summed E-state index contributed by atoms with van der Waals surface area (Å²) in [6.07, 6.45) is 0. The van der Waals surface area contributed by atoms with Crippen LogP contribution in [0.4, 0.5) is 8.78 Å². The van der Waals surface area contributed by atoms with Crippen molar-refractivity contribution in [2.24, 2.45) is 0 Å². The maximum Gasteiger partial charge on any atom is 0.354 e. The number of ether oxygens (including phenoxy) is 1. The Morgan fingerprint density at radius 3 is 2.69 bits per heavy atom. The van der Waals surface area contributed by atoms with Gasteiger partial charge in [0.25, 0.3) is 0 Å². The van der Waals surface area contributed by atoms with E-state index >= 15 is 0 Å². The van der Waals surface area contributed by atoms with Gasteiger partial charge >= 0.3 is 5.97 Å². The number of aromatic nitrogens is 2. The number of nitrogens with zero attached hydrogens (tertiary/aromatic N) is 2. The first-order valence-electron chi connectivity index (χ1n) is 9.59. The Morgan fingerprint density at radius 1 is 1.09 bits per heavy atom. The molecular weight excluding hydrogens is 438 g/mol. The minimum absolute atomic E-state index is 0.0771. The molecule has 2 aromatic carbocycles. The van der Waals surface area contributed by atoms with E-state index < -0.39 is 17.6 Å². The van der Waals surface area contributed by atoms with E-state index in [0.717, 1.165) is 23.9 Å². The van der Waals surface area contributed by atoms with Crippen molar-refractivity contribution in [3.8, 4) is 22.8 Å². The second-order valence-electron chi connectivity index (χ2n) is 7.05. The van der Waals surface area contributed by atoms with Crippen LogP contribution in [0, 0.1) is 18.6 Å². The minimum Gasteiger partial charge on any atom is -0.488 e. The number of benzene rings is 2. The van der Waals surface area contributed by atoms with E-state index in [-0.39, 0.29) is 17.9 Å². The van der Waals surface area contributed by atoms with E-state index in [4.69, 9.17) is 16.3 Å². The number of carboxylic acids is 1. The Morgan fingerprint density at radius 2 is 1.91 bits per heavy atom. The number of halogens is 3. The number of rotatable bonds is 6. The highest BCUT2D eigenvalue weighted by atomic mass is 35.5. The normalized spacial score (nSPS) is 10.9. The molecule has 0 aliphatic carbocycles. The highest BCUT2D eigenvalue weighted by molar-refractivity contribution is 6.31. The van der Waals surface area contributed by atoms with Crippen molar-refractivity contribution in [1.82, 2.24) is 9.55 Å². The van der Waals surface area contributed by atoms with Gasteiger partial charge in [0.15, 0.2) is 5.69 Å². The lowest BCUT2D eigenvalue weighted by Crippen LogP contribution is -2.07. The summed E-state index contributed by atoms with van der Waals surface area (Å²) in [5.74, 6) is -1.47. The lowest BCUT2D eigenvalue weighted by Gasteiger charge is -2.16. The van der Waals surface area contributed by atoms with Gasteiger partial charge in [-0.3, -0.25) is 4.57 Å². The molecule has 0 radical (unpaired) electrons. The van der Waals surface area contributed by atoms with E-state index in [1.165, 1.54) is 6.07 Å². The van der Waals surface area contributed by atoms with Crippen molar-refractivity contribution >= 4 is 17.6 Å². The summed E-state index contributed by atoms with van der Waals surface area (Å²) in [4.78, 5) is 15.6. The van der Waals surface area contributed by atoms with Gasteiger partial charge in [-0.2, -0.15) is 0 Å². The van der Waals surface area contributed by atoms with Crippen LogP contribution in [-0.4, -0.2) is 20.6 Å². The van der Waals surface area contributed by atoms with Crippen LogP contribution in [0.1, 0.15) is 21.7 Å². The zero-order valence-corrected chi connectivity index (χ0v) is 17.6. The Balaban J connectivity index is 1.77. The number of hydrogen-bond donors (Lipinski definition) is 1. The van der Waals surface area contributed by atoms with Crippen molar-refractivity contribution in [3.63, 3.8) is 0 Å². The van der Waals surface area contributed by atoms with Gasteiger partial charge in [0, 0.05) is 21.8 Å². The first-order chi connectivity index (χ1) is 15.3. The van der Waals surface area contributed by atoms with Crippen LogP contribution in [-0.2, 0) is 6.61 Å². The maximum absolute atomic E-state index is 14.0. The molecule has 8 heteroatoms. The fraction of sp³-hybridized carbons (Fsp3) is 0.0833. The van der Waals surface area contributed by atoms with Gasteiger partial charge in [-0.05, 0) is 67.6 Å². The third-order valence-corrected chi connectivity index (χ3v) is 5.10. The SMILES string of the molecule is Cc1ccc(-c2cc(Cl)ccc2OCc2cc(F)ccc2F)n1-c1cccc(C(=O)O)n1. The molecule has 162 valence electrons. The summed E-state index contributed by atoms with van der Waals surface area (Å²) in [5, 5.41) is 9.74. The lowest BCUT2D eigenvalue weighted by atomic mass is 10.1. The van der Waals surface area contributed by atoms with Crippen molar-refractivity contribution in [3.05, 3.63) is 100 Å². The maximum atomic E-state index is 14.0. The molecule has 0 aliphatic heterocycles. The summed E-state index contributed by atoms with van der Waals surface area (Å²) in [5.41, 5.74) is 2.02. The number of carbonyl (C=O) groups is 1. The molecule has 2 heterocycles. The molecule has 0 spiro atoms. The Kier molecular flexibility index (Phi) is 5.92. The van der Waals surface area contributed by atoms with Crippen molar-refractivity contribution in [1.29, 1.82) is 0 Å². The number of carboxylic acid groups (broad SMARTS) is 1. The molecule has 0 saturated carbocycles. The monoisotopic (exact) mass is 454 g/mol. The van der Waals surface area contributed by atoms with Gasteiger partial charge in [-0.1, -0.05) is 17.7 Å². The Hall–Kier alpha value is -3.71. The molecule has 0 atom stereocenters. The summed E-state index contributed by atoms with van der Waals surface area (Å²) < 4.78 is 35.1. The second kappa shape index (κ2) is 8.80. The molecule has 2 aromatic heterocycles. The predicted molar refractivity (Wildman–Crippen MR) is 116 cm³/mol. The zero-order valence-electron chi connectivity index (χ0n) is 16.8. The van der Waals surface area contributed by atoms with E-state index in [1.807, 2.05) is 19.1 Å². The molecule has 4 rings (SSSR count). The van der Waals surface area contributed by atoms with Gasteiger partial charge in [0.2, 0.25) is 0 Å². The average molecular weight is 455 g/mol. The van der Waals surface area contributed by atoms with Gasteiger partial charge in [-0.15, -0.1) is 0 Å². The highest BCUT2D eigenvalue weighted by Gasteiger charge is 2.17. The standard InChI is InChI=1S/C24H17ClF2N2O3/c1-14-5-9-21(29(14)23-4-2-3-20(28-23)24(30)31)18-12-16(25)6-10-22(18)32-13-15-11-17(26)7-8-19(15)27/h2-12H,13H2,1H3,(H,30,31). The quantitative estimate of drug-likeness (QED) is 0.385. The molecule has 0 amide bonds. The zero-order chi connectivity index (χ0) is 22.8. The molecule has 0 fully saturated rings. The fourth-order valence-corrected chi connectivity index (χ4v) is 3.53. The van der Waals surface area contributed by atoms with Gasteiger partial charge in [0.1, 0.15) is 29.8 Å². The van der Waals surface area contributed by atoms with Crippen LogP contribution in [0.5, 0.6) is 5.75 Å². The lowest BCUT2D eigenvalue weighted by molar-refractivity contribution is 0.0690. The van der Waals surface area contributed by atoms with E-state index in [2.05, 4.69) is 4.98 Å². The first kappa shape index (κ1) is 21.5. The van der Waals surface area contributed by atoms with E-state index in [0.29, 0.717) is 27.8 Å². The van der Waals surface area contributed by atoms with Crippen LogP contribution in [0.15, 0.2) is 66.7 Å². The van der Waals surface area contributed by atoms with Crippen LogP contribution >= 0.6 is 11.6 Å². The topological polar surface area (TPSA) is 64.3 Å². The molecule has 1 N–H and O–H groups in total. The molecule has 0 bridgehead atoms. The number of aryl methyl sites for hydroxylation is 1. The summed E-state index contributed by atoms with van der Waals surface area (Å²) in [7, 11) is 0. The van der Waals surface area contributed by atoms with Crippen molar-refractivity contribution in [2.45, 2.75) is 13.5 Å². The predicted octanol–water partition coefficient (Wildman–Crippen LogP) is 6.06. The molecule has 32 heavy (non-hydrogen) atoms. The largest absolute Gasteiger partial charge is 0.488 e. The number of hydrogen-bond acceptors (Lipinski definition) is 3. The highest BCUT2D eigenvalue weighted by Crippen LogP contribution is 2.36. The van der Waals surface area contributed by atoms with E-state index in [9.17, 15) is 18.7 Å². The Bertz CT molecular complexity index is 1320. The third kappa shape index (κ3) is 4.33. The molecule has 0 saturated heterocycles. The summed E-state index contributed by atoms with van der Waals surface area (Å²) in [6.45, 7) is 1.66. The summed E-state index contributed by atoms with van der Waals surface area (Å²) in [6, 6.07) is 16.5. The smallest absolute Gasteiger partial charge is 0.354 e. The Labute approximate surface area is 187 Å². The van der Waals surface area contributed by atoms with Crippen LogP contribution in [0.2, 0.25) is 5.02 Å². The van der Waals surface area contributed by atoms with Gasteiger partial charge < -0.3 is 9.84 Å². The molecule has 0 unspecified atom stereocenters.